The molecule has 1 aromatic rings. The largest absolute Gasteiger partial charge is 0.415 e. The van der Waals surface area contributed by atoms with E-state index in [1.54, 1.807) is 17.0 Å². The highest BCUT2D eigenvalue weighted by Crippen LogP contribution is 2.16. The van der Waals surface area contributed by atoms with Gasteiger partial charge in [0, 0.05) is 25.7 Å². The van der Waals surface area contributed by atoms with Crippen molar-refractivity contribution in [3.05, 3.63) is 30.3 Å². The van der Waals surface area contributed by atoms with Crippen molar-refractivity contribution in [2.45, 2.75) is 37.8 Å². The smallest absolute Gasteiger partial charge is 0.410 e. The average molecular weight is 318 g/mol. The molecule has 1 N–H and O–H groups in total. The van der Waals surface area contributed by atoms with Crippen LogP contribution in [0.2, 0.25) is 0 Å². The molecular weight excluding hydrogens is 296 g/mol. The summed E-state index contributed by atoms with van der Waals surface area (Å²) in [5.41, 5.74) is 0. The predicted octanol–water partition coefficient (Wildman–Crippen LogP) is 1.94. The van der Waals surface area contributed by atoms with E-state index in [-0.39, 0.29) is 24.1 Å². The summed E-state index contributed by atoms with van der Waals surface area (Å²) in [5, 5.41) is 3.03. The number of piperidine rings is 1. The third-order valence-electron chi connectivity index (χ3n) is 4.27. The van der Waals surface area contributed by atoms with Crippen LogP contribution in [-0.2, 0) is 9.53 Å². The number of carbonyl (C=O) groups is 2. The van der Waals surface area contributed by atoms with E-state index >= 15 is 0 Å². The van der Waals surface area contributed by atoms with Gasteiger partial charge in [-0.2, -0.15) is 0 Å². The van der Waals surface area contributed by atoms with Crippen LogP contribution in [0.15, 0.2) is 30.3 Å². The monoisotopic (exact) mass is 318 g/mol. The van der Waals surface area contributed by atoms with Crippen LogP contribution < -0.4 is 10.1 Å². The highest BCUT2D eigenvalue weighted by Gasteiger charge is 2.29. The molecule has 2 saturated heterocycles. The maximum absolute atomic E-state index is 12.1. The van der Waals surface area contributed by atoms with Gasteiger partial charge in [0.25, 0.3) is 0 Å². The van der Waals surface area contributed by atoms with Crippen molar-refractivity contribution in [3.8, 4) is 5.75 Å². The summed E-state index contributed by atoms with van der Waals surface area (Å²) in [5.74, 6) is 0.527. The van der Waals surface area contributed by atoms with Crippen LogP contribution >= 0.6 is 0 Å². The lowest BCUT2D eigenvalue weighted by Gasteiger charge is -2.32. The molecule has 1 aromatic carbocycles. The summed E-state index contributed by atoms with van der Waals surface area (Å²) in [4.78, 5) is 25.8. The Labute approximate surface area is 135 Å². The lowest BCUT2D eigenvalue weighted by molar-refractivity contribution is -0.131. The summed E-state index contributed by atoms with van der Waals surface area (Å²) in [7, 11) is 0. The minimum Gasteiger partial charge on any atom is -0.410 e. The van der Waals surface area contributed by atoms with Gasteiger partial charge in [-0.05, 0) is 37.8 Å². The first-order valence-electron chi connectivity index (χ1n) is 8.16. The van der Waals surface area contributed by atoms with E-state index in [9.17, 15) is 9.59 Å². The molecule has 2 fully saturated rings. The van der Waals surface area contributed by atoms with Crippen LogP contribution in [0.1, 0.15) is 25.7 Å². The molecule has 0 aliphatic carbocycles. The molecule has 2 aliphatic rings. The number of amides is 2. The third-order valence-corrected chi connectivity index (χ3v) is 4.27. The third kappa shape index (κ3) is 4.22. The predicted molar refractivity (Wildman–Crippen MR) is 84.2 cm³/mol. The van der Waals surface area contributed by atoms with Crippen LogP contribution in [0.5, 0.6) is 5.75 Å². The first-order valence-corrected chi connectivity index (χ1v) is 8.16. The van der Waals surface area contributed by atoms with Gasteiger partial charge in [0.15, 0.2) is 0 Å². The second-order valence-electron chi connectivity index (χ2n) is 5.95. The minimum atomic E-state index is -0.333. The molecule has 0 aromatic heterocycles. The van der Waals surface area contributed by atoms with Gasteiger partial charge in [0.2, 0.25) is 5.91 Å². The van der Waals surface area contributed by atoms with E-state index < -0.39 is 0 Å². The molecule has 6 heteroatoms. The molecule has 23 heavy (non-hydrogen) atoms. The lowest BCUT2D eigenvalue weighted by atomic mass is 10.0. The van der Waals surface area contributed by atoms with Crippen LogP contribution in [0.3, 0.4) is 0 Å². The molecule has 6 nitrogen and oxygen atoms in total. The van der Waals surface area contributed by atoms with Gasteiger partial charge in [-0.3, -0.25) is 4.79 Å². The highest BCUT2D eigenvalue weighted by molar-refractivity contribution is 5.81. The number of rotatable bonds is 3. The molecule has 3 rings (SSSR count). The van der Waals surface area contributed by atoms with Crippen molar-refractivity contribution in [2.24, 2.45) is 0 Å². The molecule has 0 spiro atoms. The fourth-order valence-corrected chi connectivity index (χ4v) is 2.94. The van der Waals surface area contributed by atoms with Gasteiger partial charge in [-0.1, -0.05) is 18.2 Å². The Morgan fingerprint density at radius 2 is 1.87 bits per heavy atom. The number of hydrogen-bond donors (Lipinski definition) is 1. The van der Waals surface area contributed by atoms with Gasteiger partial charge in [-0.25, -0.2) is 4.79 Å². The Bertz CT molecular complexity index is 535. The molecule has 2 amide bonds. The van der Waals surface area contributed by atoms with Crippen LogP contribution in [-0.4, -0.2) is 48.7 Å². The minimum absolute atomic E-state index is 0.0205. The van der Waals surface area contributed by atoms with Crippen molar-refractivity contribution >= 4 is 12.0 Å². The zero-order valence-electron chi connectivity index (χ0n) is 13.1. The first kappa shape index (κ1) is 15.8. The quantitative estimate of drug-likeness (QED) is 0.925. The van der Waals surface area contributed by atoms with Gasteiger partial charge in [0.1, 0.15) is 11.9 Å². The summed E-state index contributed by atoms with van der Waals surface area (Å²) < 4.78 is 10.7. The standard InChI is InChI=1S/C17H22N2O4/c20-16(15-7-4-12-22-15)18-13-8-10-19(11-9-13)17(21)23-14-5-2-1-3-6-14/h1-3,5-6,13,15H,4,7-12H2,(H,18,20). The fourth-order valence-electron chi connectivity index (χ4n) is 2.94. The average Bonchev–Trinajstić information content (AvgIpc) is 3.11. The van der Waals surface area contributed by atoms with E-state index in [4.69, 9.17) is 9.47 Å². The number of likely N-dealkylation sites (tertiary alicyclic amines) is 1. The second-order valence-corrected chi connectivity index (χ2v) is 5.95. The van der Waals surface area contributed by atoms with Crippen LogP contribution in [0, 0.1) is 0 Å². The molecular formula is C17H22N2O4. The summed E-state index contributed by atoms with van der Waals surface area (Å²) >= 11 is 0. The van der Waals surface area contributed by atoms with Crippen molar-refractivity contribution < 1.29 is 19.1 Å². The number of nitrogens with zero attached hydrogens (tertiary/aromatic N) is 1. The number of para-hydroxylation sites is 1. The van der Waals surface area contributed by atoms with E-state index in [2.05, 4.69) is 5.32 Å². The molecule has 2 heterocycles. The lowest BCUT2D eigenvalue weighted by Crippen LogP contribution is -2.49. The van der Waals surface area contributed by atoms with Gasteiger partial charge < -0.3 is 19.7 Å². The topological polar surface area (TPSA) is 67.9 Å². The SMILES string of the molecule is O=C(NC1CCN(C(=O)Oc2ccccc2)CC1)C1CCCO1. The molecule has 2 aliphatic heterocycles. The van der Waals surface area contributed by atoms with E-state index in [0.29, 0.717) is 25.4 Å². The van der Waals surface area contributed by atoms with Crippen molar-refractivity contribution in [1.82, 2.24) is 10.2 Å². The fraction of sp³-hybridized carbons (Fsp3) is 0.529. The summed E-state index contributed by atoms with van der Waals surface area (Å²) in [6, 6.07) is 9.15. The maximum atomic E-state index is 12.1. The van der Waals surface area contributed by atoms with Crippen LogP contribution in [0.4, 0.5) is 4.79 Å². The Balaban J connectivity index is 1.42. The Morgan fingerprint density at radius 1 is 1.13 bits per heavy atom. The normalized spacial score (nSPS) is 21.9. The Morgan fingerprint density at radius 3 is 2.52 bits per heavy atom. The Hall–Kier alpha value is -2.08. The Kier molecular flexibility index (Phi) is 5.12. The maximum Gasteiger partial charge on any atom is 0.415 e. The number of benzene rings is 1. The zero-order chi connectivity index (χ0) is 16.1. The number of nitrogens with one attached hydrogen (secondary N) is 1. The molecule has 1 unspecified atom stereocenters. The molecule has 0 saturated carbocycles. The first-order chi connectivity index (χ1) is 11.2. The van der Waals surface area contributed by atoms with Crippen molar-refractivity contribution in [1.29, 1.82) is 0 Å². The van der Waals surface area contributed by atoms with E-state index in [0.717, 1.165) is 25.7 Å². The molecule has 0 bridgehead atoms. The van der Waals surface area contributed by atoms with E-state index in [1.165, 1.54) is 0 Å². The van der Waals surface area contributed by atoms with Crippen LogP contribution in [0.25, 0.3) is 0 Å². The summed E-state index contributed by atoms with van der Waals surface area (Å²) in [6.45, 7) is 1.84. The van der Waals surface area contributed by atoms with Gasteiger partial charge >= 0.3 is 6.09 Å². The summed E-state index contributed by atoms with van der Waals surface area (Å²) in [6.07, 6.45) is 2.59. The zero-order valence-corrected chi connectivity index (χ0v) is 13.1. The number of ether oxygens (including phenoxy) is 2. The van der Waals surface area contributed by atoms with Crippen molar-refractivity contribution in [3.63, 3.8) is 0 Å². The number of carbonyl (C=O) groups excluding carboxylic acids is 2. The molecule has 1 atom stereocenters. The van der Waals surface area contributed by atoms with Gasteiger partial charge in [-0.15, -0.1) is 0 Å². The number of hydrogen-bond acceptors (Lipinski definition) is 4. The van der Waals surface area contributed by atoms with Gasteiger partial charge in [0.05, 0.1) is 0 Å². The highest BCUT2D eigenvalue weighted by atomic mass is 16.6. The van der Waals surface area contributed by atoms with E-state index in [1.807, 2.05) is 18.2 Å². The second kappa shape index (κ2) is 7.46. The molecule has 124 valence electrons. The van der Waals surface area contributed by atoms with Crippen molar-refractivity contribution in [2.75, 3.05) is 19.7 Å². The molecule has 0 radical (unpaired) electrons.